The summed E-state index contributed by atoms with van der Waals surface area (Å²) in [7, 11) is 0. The molecule has 0 atom stereocenters. The number of rotatable bonds is 9. The van der Waals surface area contributed by atoms with E-state index in [9.17, 15) is 4.79 Å². The molecule has 0 unspecified atom stereocenters. The highest BCUT2D eigenvalue weighted by Crippen LogP contribution is 2.14. The lowest BCUT2D eigenvalue weighted by Gasteiger charge is -2.29. The maximum Gasteiger partial charge on any atom is 0.273 e. The second kappa shape index (κ2) is 10.4. The summed E-state index contributed by atoms with van der Waals surface area (Å²) < 4.78 is 11.0. The first-order valence-electron chi connectivity index (χ1n) is 9.95. The Labute approximate surface area is 166 Å². The van der Waals surface area contributed by atoms with Crippen LogP contribution in [0.2, 0.25) is 0 Å². The fourth-order valence-electron chi connectivity index (χ4n) is 3.28. The van der Waals surface area contributed by atoms with E-state index in [-0.39, 0.29) is 5.91 Å². The van der Waals surface area contributed by atoms with Gasteiger partial charge in [0.1, 0.15) is 6.26 Å². The third-order valence-electron chi connectivity index (χ3n) is 4.97. The molecule has 152 valence electrons. The third kappa shape index (κ3) is 5.89. The number of amides is 1. The van der Waals surface area contributed by atoms with E-state index >= 15 is 0 Å². The van der Waals surface area contributed by atoms with Gasteiger partial charge in [-0.1, -0.05) is 24.3 Å². The fraction of sp³-hybridized carbons (Fsp3) is 0.524. The number of benzene rings is 1. The molecule has 1 aromatic heterocycles. The molecule has 1 amide bonds. The van der Waals surface area contributed by atoms with Gasteiger partial charge in [0.15, 0.2) is 5.69 Å². The minimum absolute atomic E-state index is 0.198. The van der Waals surface area contributed by atoms with E-state index in [0.717, 1.165) is 45.9 Å². The molecule has 0 spiro atoms. The van der Waals surface area contributed by atoms with E-state index in [2.05, 4.69) is 51.3 Å². The Hall–Kier alpha value is -2.22. The number of carbonyl (C=O) groups excluding carboxylic acids is 1. The predicted molar refractivity (Wildman–Crippen MR) is 107 cm³/mol. The third-order valence-corrected chi connectivity index (χ3v) is 4.97. The second-order valence-electron chi connectivity index (χ2n) is 7.08. The van der Waals surface area contributed by atoms with Gasteiger partial charge in [0, 0.05) is 39.3 Å². The molecule has 0 aliphatic carbocycles. The van der Waals surface area contributed by atoms with Crippen LogP contribution in [0.3, 0.4) is 0 Å². The number of oxazole rings is 1. The van der Waals surface area contributed by atoms with E-state index in [1.807, 2.05) is 6.92 Å². The van der Waals surface area contributed by atoms with Gasteiger partial charge < -0.3 is 14.5 Å². The highest BCUT2D eigenvalue weighted by Gasteiger charge is 2.17. The van der Waals surface area contributed by atoms with Gasteiger partial charge in [-0.25, -0.2) is 4.98 Å². The Bertz CT molecular complexity index is 756. The number of nitrogens with zero attached hydrogens (tertiary/aromatic N) is 3. The second-order valence-corrected chi connectivity index (χ2v) is 7.08. The van der Waals surface area contributed by atoms with Gasteiger partial charge in [-0.15, -0.1) is 0 Å². The highest BCUT2D eigenvalue weighted by molar-refractivity contribution is 5.91. The first kappa shape index (κ1) is 20.5. The maximum absolute atomic E-state index is 11.9. The van der Waals surface area contributed by atoms with Crippen LogP contribution in [0.5, 0.6) is 0 Å². The summed E-state index contributed by atoms with van der Waals surface area (Å²) in [6.07, 6.45) is 1.44. The van der Waals surface area contributed by atoms with Crippen LogP contribution in [0.1, 0.15) is 34.4 Å². The van der Waals surface area contributed by atoms with Crippen molar-refractivity contribution < 1.29 is 13.9 Å². The van der Waals surface area contributed by atoms with Crippen LogP contribution in [-0.4, -0.2) is 66.6 Å². The summed E-state index contributed by atoms with van der Waals surface area (Å²) >= 11 is 0. The normalized spacial score (nSPS) is 15.1. The monoisotopic (exact) mass is 386 g/mol. The number of aryl methyl sites for hydroxylation is 1. The van der Waals surface area contributed by atoms with Crippen LogP contribution >= 0.6 is 0 Å². The van der Waals surface area contributed by atoms with Crippen molar-refractivity contribution in [1.29, 1.82) is 0 Å². The van der Waals surface area contributed by atoms with Gasteiger partial charge in [0.2, 0.25) is 5.89 Å². The van der Waals surface area contributed by atoms with Gasteiger partial charge in [-0.05, 0) is 25.0 Å². The molecule has 0 bridgehead atoms. The minimum Gasteiger partial charge on any atom is -0.447 e. The summed E-state index contributed by atoms with van der Waals surface area (Å²) in [5.41, 5.74) is 2.90. The molecular weight excluding hydrogens is 356 g/mol. The number of ether oxygens (including phenoxy) is 1. The lowest BCUT2D eigenvalue weighted by molar-refractivity contribution is 0.0320. The molecule has 7 nitrogen and oxygen atoms in total. The van der Waals surface area contributed by atoms with E-state index in [1.54, 1.807) is 0 Å². The van der Waals surface area contributed by atoms with E-state index < -0.39 is 0 Å². The highest BCUT2D eigenvalue weighted by atomic mass is 16.5. The van der Waals surface area contributed by atoms with Gasteiger partial charge in [0.25, 0.3) is 5.91 Å². The lowest BCUT2D eigenvalue weighted by Crippen LogP contribution is -2.41. The molecule has 2 aromatic rings. The summed E-state index contributed by atoms with van der Waals surface area (Å²) in [4.78, 5) is 21.1. The Balaban J connectivity index is 1.66. The first-order chi connectivity index (χ1) is 13.7. The van der Waals surface area contributed by atoms with Crippen LogP contribution in [0, 0.1) is 6.92 Å². The van der Waals surface area contributed by atoms with Crippen LogP contribution in [0.25, 0.3) is 0 Å². The zero-order valence-electron chi connectivity index (χ0n) is 16.8. The van der Waals surface area contributed by atoms with Crippen molar-refractivity contribution >= 4 is 5.91 Å². The fourth-order valence-corrected chi connectivity index (χ4v) is 3.28. The number of nitrogens with one attached hydrogen (secondary N) is 1. The molecule has 0 radical (unpaired) electrons. The Morgan fingerprint density at radius 3 is 2.79 bits per heavy atom. The summed E-state index contributed by atoms with van der Waals surface area (Å²) in [5.74, 6) is 0.369. The average Bonchev–Trinajstić information content (AvgIpc) is 3.17. The smallest absolute Gasteiger partial charge is 0.273 e. The zero-order chi connectivity index (χ0) is 19.8. The molecule has 1 aromatic carbocycles. The number of morpholine rings is 1. The first-order valence-corrected chi connectivity index (χ1v) is 9.95. The van der Waals surface area contributed by atoms with Crippen molar-refractivity contribution in [1.82, 2.24) is 20.1 Å². The standard InChI is InChI=1S/C21H30N4O3/c1-3-22-21(26)19-16-28-20(23-19)15-25(9-8-24-10-12-27-13-11-24)14-18-7-5-4-6-17(18)2/h4-7,16H,3,8-15H2,1-2H3,(H,22,26). The van der Waals surface area contributed by atoms with E-state index in [1.165, 1.54) is 17.4 Å². The van der Waals surface area contributed by atoms with Gasteiger partial charge in [0.05, 0.1) is 19.8 Å². The lowest BCUT2D eigenvalue weighted by atomic mass is 10.1. The van der Waals surface area contributed by atoms with Crippen LogP contribution in [-0.2, 0) is 17.8 Å². The summed E-state index contributed by atoms with van der Waals surface area (Å²) in [6.45, 7) is 11.4. The Kier molecular flexibility index (Phi) is 7.59. The van der Waals surface area contributed by atoms with E-state index in [0.29, 0.717) is 24.7 Å². The molecule has 7 heteroatoms. The van der Waals surface area contributed by atoms with Crippen molar-refractivity contribution in [2.45, 2.75) is 26.9 Å². The number of aromatic nitrogens is 1. The molecule has 1 aliphatic heterocycles. The van der Waals surface area contributed by atoms with E-state index in [4.69, 9.17) is 9.15 Å². The number of hydrogen-bond donors (Lipinski definition) is 1. The SMILES string of the molecule is CCNC(=O)c1coc(CN(CCN2CCOCC2)Cc2ccccc2C)n1. The summed E-state index contributed by atoms with van der Waals surface area (Å²) in [6, 6.07) is 8.42. The minimum atomic E-state index is -0.198. The summed E-state index contributed by atoms with van der Waals surface area (Å²) in [5, 5.41) is 2.75. The molecule has 1 saturated heterocycles. The average molecular weight is 386 g/mol. The maximum atomic E-state index is 11.9. The molecule has 2 heterocycles. The molecule has 1 aliphatic rings. The quantitative estimate of drug-likeness (QED) is 0.711. The van der Waals surface area contributed by atoms with Gasteiger partial charge in [-0.3, -0.25) is 14.6 Å². The Morgan fingerprint density at radius 2 is 2.04 bits per heavy atom. The van der Waals surface area contributed by atoms with Gasteiger partial charge in [-0.2, -0.15) is 0 Å². The van der Waals surface area contributed by atoms with Crippen LogP contribution < -0.4 is 5.32 Å². The van der Waals surface area contributed by atoms with Crippen molar-refractivity contribution in [2.24, 2.45) is 0 Å². The Morgan fingerprint density at radius 1 is 1.25 bits per heavy atom. The number of hydrogen-bond acceptors (Lipinski definition) is 6. The van der Waals surface area contributed by atoms with Crippen LogP contribution in [0.15, 0.2) is 34.9 Å². The van der Waals surface area contributed by atoms with Crippen molar-refractivity contribution in [2.75, 3.05) is 45.9 Å². The van der Waals surface area contributed by atoms with Crippen molar-refractivity contribution in [3.8, 4) is 0 Å². The van der Waals surface area contributed by atoms with Crippen molar-refractivity contribution in [3.05, 3.63) is 53.2 Å². The molecular formula is C21H30N4O3. The number of carbonyl (C=O) groups is 1. The zero-order valence-corrected chi connectivity index (χ0v) is 16.8. The predicted octanol–water partition coefficient (Wildman–Crippen LogP) is 2.07. The molecule has 1 N–H and O–H groups in total. The molecule has 0 saturated carbocycles. The van der Waals surface area contributed by atoms with Crippen LogP contribution in [0.4, 0.5) is 0 Å². The largest absolute Gasteiger partial charge is 0.447 e. The molecule has 1 fully saturated rings. The van der Waals surface area contributed by atoms with Crippen molar-refractivity contribution in [3.63, 3.8) is 0 Å². The molecule has 28 heavy (non-hydrogen) atoms. The topological polar surface area (TPSA) is 70.8 Å². The van der Waals surface area contributed by atoms with Gasteiger partial charge >= 0.3 is 0 Å². The molecule has 3 rings (SSSR count).